The summed E-state index contributed by atoms with van der Waals surface area (Å²) in [6, 6.07) is 5.98. The van der Waals surface area contributed by atoms with Crippen LogP contribution in [0.3, 0.4) is 0 Å². The molecule has 0 aliphatic heterocycles. The van der Waals surface area contributed by atoms with Gasteiger partial charge in [-0.25, -0.2) is 9.50 Å². The van der Waals surface area contributed by atoms with Crippen LogP contribution >= 0.6 is 0 Å². The lowest BCUT2D eigenvalue weighted by atomic mass is 9.92. The highest BCUT2D eigenvalue weighted by molar-refractivity contribution is 5.68. The predicted molar refractivity (Wildman–Crippen MR) is 82.4 cm³/mol. The van der Waals surface area contributed by atoms with Gasteiger partial charge in [-0.3, -0.25) is 0 Å². The normalized spacial score (nSPS) is 13.5. The third-order valence-electron chi connectivity index (χ3n) is 3.48. The Hall–Kier alpha value is -2.30. The summed E-state index contributed by atoms with van der Waals surface area (Å²) in [7, 11) is 0. The molecular weight excluding hydrogens is 264 g/mol. The van der Waals surface area contributed by atoms with E-state index in [0.29, 0.717) is 0 Å². The number of rotatable bonds is 3. The first kappa shape index (κ1) is 13.7. The van der Waals surface area contributed by atoms with E-state index in [9.17, 15) is 0 Å². The van der Waals surface area contributed by atoms with E-state index in [4.69, 9.17) is 4.42 Å². The minimum absolute atomic E-state index is 0.00984. The SMILES string of the molecule is CC(Nc1nccn2nc(C(C)(C)C)cc12)c1ccco1. The van der Waals surface area contributed by atoms with Gasteiger partial charge in [-0.05, 0) is 25.1 Å². The molecule has 0 bridgehead atoms. The summed E-state index contributed by atoms with van der Waals surface area (Å²) >= 11 is 0. The van der Waals surface area contributed by atoms with Crippen molar-refractivity contribution in [1.29, 1.82) is 0 Å². The first-order valence-corrected chi connectivity index (χ1v) is 7.10. The monoisotopic (exact) mass is 284 g/mol. The molecule has 0 radical (unpaired) electrons. The Bertz CT molecular complexity index is 737. The molecule has 0 saturated carbocycles. The second kappa shape index (κ2) is 4.91. The van der Waals surface area contributed by atoms with Crippen LogP contribution in [-0.2, 0) is 5.41 Å². The second-order valence-electron chi connectivity index (χ2n) is 6.27. The number of nitrogens with one attached hydrogen (secondary N) is 1. The van der Waals surface area contributed by atoms with Crippen molar-refractivity contribution >= 4 is 11.3 Å². The van der Waals surface area contributed by atoms with Gasteiger partial charge in [-0.1, -0.05) is 20.8 Å². The first-order chi connectivity index (χ1) is 9.95. The maximum absolute atomic E-state index is 5.43. The summed E-state index contributed by atoms with van der Waals surface area (Å²) in [4.78, 5) is 4.44. The zero-order valence-corrected chi connectivity index (χ0v) is 12.8. The van der Waals surface area contributed by atoms with Crippen molar-refractivity contribution in [2.45, 2.75) is 39.2 Å². The molecule has 0 fully saturated rings. The number of furan rings is 1. The van der Waals surface area contributed by atoms with Gasteiger partial charge in [0.05, 0.1) is 18.0 Å². The van der Waals surface area contributed by atoms with Gasteiger partial charge in [0, 0.05) is 17.8 Å². The Labute approximate surface area is 124 Å². The lowest BCUT2D eigenvalue weighted by Crippen LogP contribution is -2.11. The zero-order chi connectivity index (χ0) is 15.0. The molecule has 0 amide bonds. The molecule has 1 atom stereocenters. The van der Waals surface area contributed by atoms with E-state index in [1.54, 1.807) is 12.5 Å². The summed E-state index contributed by atoms with van der Waals surface area (Å²) in [5.74, 6) is 1.69. The standard InChI is InChI=1S/C16H20N4O/c1-11(13-6-5-9-21-13)18-15-12-10-14(16(2,3)4)19-20(12)8-7-17-15/h5-11H,1-4H3,(H,17,18). The Morgan fingerprint density at radius 3 is 2.81 bits per heavy atom. The number of aromatic nitrogens is 3. The molecule has 0 spiro atoms. The molecule has 0 aliphatic rings. The minimum Gasteiger partial charge on any atom is -0.467 e. The highest BCUT2D eigenvalue weighted by Gasteiger charge is 2.19. The Morgan fingerprint density at radius 1 is 1.33 bits per heavy atom. The number of hydrogen-bond acceptors (Lipinski definition) is 4. The second-order valence-corrected chi connectivity index (χ2v) is 6.27. The minimum atomic E-state index is 0.00984. The third-order valence-corrected chi connectivity index (χ3v) is 3.48. The Kier molecular flexibility index (Phi) is 3.20. The molecule has 1 N–H and O–H groups in total. The number of nitrogens with zero attached hydrogens (tertiary/aromatic N) is 3. The quantitative estimate of drug-likeness (QED) is 0.795. The van der Waals surface area contributed by atoms with Crippen molar-refractivity contribution in [3.63, 3.8) is 0 Å². The molecular formula is C16H20N4O. The summed E-state index contributed by atoms with van der Waals surface area (Å²) in [6.45, 7) is 8.51. The first-order valence-electron chi connectivity index (χ1n) is 7.10. The van der Waals surface area contributed by atoms with Crippen molar-refractivity contribution in [1.82, 2.24) is 14.6 Å². The van der Waals surface area contributed by atoms with Crippen molar-refractivity contribution in [2.24, 2.45) is 0 Å². The van der Waals surface area contributed by atoms with Gasteiger partial charge in [0.25, 0.3) is 0 Å². The van der Waals surface area contributed by atoms with Crippen LogP contribution < -0.4 is 5.32 Å². The smallest absolute Gasteiger partial charge is 0.152 e. The summed E-state index contributed by atoms with van der Waals surface area (Å²) in [5.41, 5.74) is 2.03. The molecule has 3 aromatic heterocycles. The molecule has 0 aliphatic carbocycles. The molecule has 3 aromatic rings. The lowest BCUT2D eigenvalue weighted by molar-refractivity contribution is 0.490. The number of anilines is 1. The predicted octanol–water partition coefficient (Wildman–Crippen LogP) is 3.79. The van der Waals surface area contributed by atoms with Gasteiger partial charge in [-0.15, -0.1) is 0 Å². The molecule has 21 heavy (non-hydrogen) atoms. The summed E-state index contributed by atoms with van der Waals surface area (Å²) in [6.07, 6.45) is 5.30. The molecule has 1 unspecified atom stereocenters. The van der Waals surface area contributed by atoms with Crippen molar-refractivity contribution < 1.29 is 4.42 Å². The average molecular weight is 284 g/mol. The fourth-order valence-corrected chi connectivity index (χ4v) is 2.21. The molecule has 3 rings (SSSR count). The maximum atomic E-state index is 5.43. The van der Waals surface area contributed by atoms with Crippen molar-refractivity contribution in [3.8, 4) is 0 Å². The largest absolute Gasteiger partial charge is 0.467 e. The highest BCUT2D eigenvalue weighted by Crippen LogP contribution is 2.26. The lowest BCUT2D eigenvalue weighted by Gasteiger charge is -2.13. The fourth-order valence-electron chi connectivity index (χ4n) is 2.21. The van der Waals surface area contributed by atoms with Crippen LogP contribution in [0.1, 0.15) is 45.2 Å². The Balaban J connectivity index is 1.97. The van der Waals surface area contributed by atoms with Crippen molar-refractivity contribution in [3.05, 3.63) is 48.3 Å². The molecule has 0 aromatic carbocycles. The van der Waals surface area contributed by atoms with E-state index in [1.807, 2.05) is 29.8 Å². The van der Waals surface area contributed by atoms with Crippen molar-refractivity contribution in [2.75, 3.05) is 5.32 Å². The van der Waals surface area contributed by atoms with Crippen LogP contribution in [0.15, 0.2) is 41.3 Å². The number of fused-ring (bicyclic) bond motifs is 1. The average Bonchev–Trinajstić information content (AvgIpc) is 3.07. The fraction of sp³-hybridized carbons (Fsp3) is 0.375. The van der Waals surface area contributed by atoms with Gasteiger partial charge < -0.3 is 9.73 Å². The summed E-state index contributed by atoms with van der Waals surface area (Å²) < 4.78 is 7.29. The topological polar surface area (TPSA) is 55.4 Å². The van der Waals surface area contributed by atoms with Crippen LogP contribution in [0.5, 0.6) is 0 Å². The van der Waals surface area contributed by atoms with Gasteiger partial charge in [0.15, 0.2) is 5.82 Å². The van der Waals surface area contributed by atoms with Crippen LogP contribution in [0.4, 0.5) is 5.82 Å². The number of hydrogen-bond donors (Lipinski definition) is 1. The molecule has 3 heterocycles. The zero-order valence-electron chi connectivity index (χ0n) is 12.8. The van der Waals surface area contributed by atoms with Crippen LogP contribution in [-0.4, -0.2) is 14.6 Å². The van der Waals surface area contributed by atoms with E-state index in [1.165, 1.54) is 0 Å². The van der Waals surface area contributed by atoms with Crippen LogP contribution in [0.2, 0.25) is 0 Å². The molecule has 5 heteroatoms. The van der Waals surface area contributed by atoms with Crippen LogP contribution in [0, 0.1) is 0 Å². The van der Waals surface area contributed by atoms with Gasteiger partial charge in [0.1, 0.15) is 11.3 Å². The summed E-state index contributed by atoms with van der Waals surface area (Å²) in [5, 5.41) is 8.01. The van der Waals surface area contributed by atoms with E-state index in [-0.39, 0.29) is 11.5 Å². The Morgan fingerprint density at radius 2 is 2.14 bits per heavy atom. The van der Waals surface area contributed by atoms with Gasteiger partial charge >= 0.3 is 0 Å². The van der Waals surface area contributed by atoms with E-state index < -0.39 is 0 Å². The van der Waals surface area contributed by atoms with Crippen LogP contribution in [0.25, 0.3) is 5.52 Å². The molecule has 5 nitrogen and oxygen atoms in total. The maximum Gasteiger partial charge on any atom is 0.152 e. The van der Waals surface area contributed by atoms with E-state index in [2.05, 4.69) is 42.2 Å². The molecule has 0 saturated heterocycles. The van der Waals surface area contributed by atoms with E-state index in [0.717, 1.165) is 22.8 Å². The third kappa shape index (κ3) is 2.63. The van der Waals surface area contributed by atoms with Gasteiger partial charge in [-0.2, -0.15) is 5.10 Å². The highest BCUT2D eigenvalue weighted by atomic mass is 16.3. The van der Waals surface area contributed by atoms with E-state index >= 15 is 0 Å². The molecule has 110 valence electrons. The van der Waals surface area contributed by atoms with Gasteiger partial charge in [0.2, 0.25) is 0 Å².